The fourth-order valence-corrected chi connectivity index (χ4v) is 3.57. The van der Waals surface area contributed by atoms with Crippen LogP contribution in [0.15, 0.2) is 10.5 Å². The number of carbonyl (C=O) groups is 1. The van der Waals surface area contributed by atoms with Crippen LogP contribution in [0.1, 0.15) is 50.2 Å². The van der Waals surface area contributed by atoms with Gasteiger partial charge in [-0.2, -0.15) is 0 Å². The van der Waals surface area contributed by atoms with E-state index >= 15 is 0 Å². The van der Waals surface area contributed by atoms with Crippen LogP contribution in [0, 0.1) is 0 Å². The van der Waals surface area contributed by atoms with Gasteiger partial charge >= 0.3 is 5.97 Å². The molecule has 1 fully saturated rings. The van der Waals surface area contributed by atoms with E-state index in [1.165, 1.54) is 0 Å². The molecule has 0 saturated heterocycles. The van der Waals surface area contributed by atoms with E-state index in [1.54, 1.807) is 0 Å². The van der Waals surface area contributed by atoms with Gasteiger partial charge in [-0.3, -0.25) is 4.79 Å². The van der Waals surface area contributed by atoms with Gasteiger partial charge in [0, 0.05) is 11.0 Å². The fraction of sp³-hybridized carbons (Fsp3) is 0.533. The van der Waals surface area contributed by atoms with Gasteiger partial charge in [-0.1, -0.05) is 13.8 Å². The van der Waals surface area contributed by atoms with Crippen molar-refractivity contribution in [2.24, 2.45) is 0 Å². The van der Waals surface area contributed by atoms with Crippen LogP contribution in [0.4, 0.5) is 0 Å². The lowest BCUT2D eigenvalue weighted by molar-refractivity contribution is -0.137. The maximum absolute atomic E-state index is 11.2. The molecule has 108 valence electrons. The highest BCUT2D eigenvalue weighted by molar-refractivity contribution is 9.10. The number of carboxylic acid groups (broad SMARTS) is 1. The first-order valence-corrected chi connectivity index (χ1v) is 7.58. The zero-order valence-electron chi connectivity index (χ0n) is 11.5. The van der Waals surface area contributed by atoms with Crippen LogP contribution in [-0.2, 0) is 10.2 Å². The highest BCUT2D eigenvalue weighted by Crippen LogP contribution is 2.57. The van der Waals surface area contributed by atoms with E-state index < -0.39 is 5.97 Å². The quantitative estimate of drug-likeness (QED) is 0.905. The van der Waals surface area contributed by atoms with Gasteiger partial charge in [-0.25, -0.2) is 0 Å². The summed E-state index contributed by atoms with van der Waals surface area (Å²) in [5.74, 6) is 1.04. The van der Waals surface area contributed by atoms with Crippen molar-refractivity contribution in [1.82, 2.24) is 0 Å². The molecule has 1 heterocycles. The summed E-state index contributed by atoms with van der Waals surface area (Å²) in [5, 5.41) is 9.17. The van der Waals surface area contributed by atoms with Crippen LogP contribution >= 0.6 is 15.9 Å². The molecule has 0 atom stereocenters. The van der Waals surface area contributed by atoms with Crippen LogP contribution in [0.25, 0.3) is 0 Å². The van der Waals surface area contributed by atoms with Crippen LogP contribution < -0.4 is 9.47 Å². The summed E-state index contributed by atoms with van der Waals surface area (Å²) in [5.41, 5.74) is 1.97. The Kier molecular flexibility index (Phi) is 3.20. The second-order valence-corrected chi connectivity index (χ2v) is 6.74. The van der Waals surface area contributed by atoms with Gasteiger partial charge in [0.05, 0.1) is 10.9 Å². The average molecular weight is 341 g/mol. The molecule has 0 amide bonds. The molecule has 1 N–H and O–H groups in total. The third-order valence-electron chi connectivity index (χ3n) is 4.13. The van der Waals surface area contributed by atoms with Gasteiger partial charge in [-0.15, -0.1) is 0 Å². The lowest BCUT2D eigenvalue weighted by Gasteiger charge is -2.22. The maximum Gasteiger partial charge on any atom is 0.304 e. The van der Waals surface area contributed by atoms with Crippen molar-refractivity contribution >= 4 is 21.9 Å². The largest absolute Gasteiger partial charge is 0.481 e. The number of ether oxygens (including phenoxy) is 2. The number of rotatable bonds is 4. The first-order valence-electron chi connectivity index (χ1n) is 6.79. The molecule has 0 bridgehead atoms. The molecule has 0 radical (unpaired) electrons. The van der Waals surface area contributed by atoms with Crippen molar-refractivity contribution in [3.8, 4) is 11.5 Å². The molecule has 5 heteroatoms. The highest BCUT2D eigenvalue weighted by atomic mass is 79.9. The molecule has 20 heavy (non-hydrogen) atoms. The third kappa shape index (κ3) is 2.08. The molecule has 1 aromatic carbocycles. The van der Waals surface area contributed by atoms with Crippen molar-refractivity contribution in [2.75, 3.05) is 6.79 Å². The zero-order valence-corrected chi connectivity index (χ0v) is 13.1. The molecule has 1 aliphatic heterocycles. The third-order valence-corrected chi connectivity index (χ3v) is 4.72. The molecule has 0 unspecified atom stereocenters. The molecular weight excluding hydrogens is 324 g/mol. The number of carboxylic acids is 1. The molecule has 2 aliphatic rings. The van der Waals surface area contributed by atoms with Crippen molar-refractivity contribution in [2.45, 2.75) is 44.4 Å². The summed E-state index contributed by atoms with van der Waals surface area (Å²) < 4.78 is 12.0. The molecule has 0 aromatic heterocycles. The number of hydrogen-bond acceptors (Lipinski definition) is 3. The van der Waals surface area contributed by atoms with E-state index in [0.29, 0.717) is 0 Å². The maximum atomic E-state index is 11.2. The minimum absolute atomic E-state index is 0.179. The Balaban J connectivity index is 2.16. The average Bonchev–Trinajstić information content (AvgIpc) is 2.95. The Morgan fingerprint density at radius 1 is 1.40 bits per heavy atom. The SMILES string of the molecule is CC(C)c1c(C2(CC(=O)O)CC2)cc(Br)c2c1OCO2. The Bertz CT molecular complexity index is 576. The van der Waals surface area contributed by atoms with Crippen molar-refractivity contribution in [1.29, 1.82) is 0 Å². The summed E-state index contributed by atoms with van der Waals surface area (Å²) in [6.45, 7) is 4.43. The molecule has 1 saturated carbocycles. The predicted octanol–water partition coefficient (Wildman–Crippen LogP) is 3.81. The van der Waals surface area contributed by atoms with E-state index in [9.17, 15) is 9.90 Å². The van der Waals surface area contributed by atoms with E-state index in [4.69, 9.17) is 9.47 Å². The Hall–Kier alpha value is -1.23. The smallest absolute Gasteiger partial charge is 0.304 e. The van der Waals surface area contributed by atoms with Gasteiger partial charge in [0.1, 0.15) is 0 Å². The van der Waals surface area contributed by atoms with Crippen LogP contribution in [0.2, 0.25) is 0 Å². The first kappa shape index (κ1) is 13.7. The Morgan fingerprint density at radius 2 is 2.05 bits per heavy atom. The summed E-state index contributed by atoms with van der Waals surface area (Å²) in [6, 6.07) is 2.03. The van der Waals surface area contributed by atoms with E-state index in [0.717, 1.165) is 39.9 Å². The number of aliphatic carboxylic acids is 1. The second kappa shape index (κ2) is 4.65. The molecule has 3 rings (SSSR count). The van der Waals surface area contributed by atoms with E-state index in [2.05, 4.69) is 29.8 Å². The summed E-state index contributed by atoms with van der Waals surface area (Å²) in [4.78, 5) is 11.2. The molecule has 0 spiro atoms. The fourth-order valence-electron chi connectivity index (χ4n) is 3.04. The van der Waals surface area contributed by atoms with Crippen molar-refractivity contribution < 1.29 is 19.4 Å². The van der Waals surface area contributed by atoms with E-state index in [-0.39, 0.29) is 24.5 Å². The number of benzene rings is 1. The molecule has 1 aliphatic carbocycles. The first-order chi connectivity index (χ1) is 9.44. The zero-order chi connectivity index (χ0) is 14.5. The van der Waals surface area contributed by atoms with Gasteiger partial charge in [0.25, 0.3) is 0 Å². The summed E-state index contributed by atoms with van der Waals surface area (Å²) >= 11 is 3.52. The van der Waals surface area contributed by atoms with Gasteiger partial charge < -0.3 is 14.6 Å². The molecule has 4 nitrogen and oxygen atoms in total. The Labute approximate surface area is 126 Å². The highest BCUT2D eigenvalue weighted by Gasteiger charge is 2.48. The number of halogens is 1. The lowest BCUT2D eigenvalue weighted by atomic mass is 9.84. The minimum atomic E-state index is -0.744. The lowest BCUT2D eigenvalue weighted by Crippen LogP contribution is -2.16. The van der Waals surface area contributed by atoms with Crippen LogP contribution in [0.3, 0.4) is 0 Å². The van der Waals surface area contributed by atoms with Crippen molar-refractivity contribution in [3.05, 3.63) is 21.7 Å². The molecular formula is C15H17BrO4. The monoisotopic (exact) mass is 340 g/mol. The van der Waals surface area contributed by atoms with E-state index in [1.807, 2.05) is 6.07 Å². The standard InChI is InChI=1S/C15H17BrO4/c1-8(2)12-9(15(3-4-15)6-11(17)18)5-10(16)13-14(12)20-7-19-13/h5,8H,3-4,6-7H2,1-2H3,(H,17,18). The molecule has 1 aromatic rings. The van der Waals surface area contributed by atoms with Gasteiger partial charge in [-0.05, 0) is 46.3 Å². The topological polar surface area (TPSA) is 55.8 Å². The number of fused-ring (bicyclic) bond motifs is 1. The summed E-state index contributed by atoms with van der Waals surface area (Å²) in [7, 11) is 0. The second-order valence-electron chi connectivity index (χ2n) is 5.89. The minimum Gasteiger partial charge on any atom is -0.481 e. The number of hydrogen-bond donors (Lipinski definition) is 1. The van der Waals surface area contributed by atoms with Crippen LogP contribution in [-0.4, -0.2) is 17.9 Å². The Morgan fingerprint density at radius 3 is 2.60 bits per heavy atom. The predicted molar refractivity (Wildman–Crippen MR) is 77.5 cm³/mol. The van der Waals surface area contributed by atoms with Gasteiger partial charge in [0.2, 0.25) is 6.79 Å². The van der Waals surface area contributed by atoms with Crippen molar-refractivity contribution in [3.63, 3.8) is 0 Å². The summed E-state index contributed by atoms with van der Waals surface area (Å²) in [6.07, 6.45) is 2.02. The van der Waals surface area contributed by atoms with Crippen LogP contribution in [0.5, 0.6) is 11.5 Å². The van der Waals surface area contributed by atoms with Gasteiger partial charge in [0.15, 0.2) is 11.5 Å². The normalized spacial score (nSPS) is 18.4.